The molecule has 0 radical (unpaired) electrons. The number of benzene rings is 1. The quantitative estimate of drug-likeness (QED) is 0.891. The minimum atomic E-state index is 0.0228. The molecule has 0 aliphatic carbocycles. The van der Waals surface area contributed by atoms with E-state index in [9.17, 15) is 5.11 Å². The van der Waals surface area contributed by atoms with E-state index in [1.165, 1.54) is 7.11 Å². The fourth-order valence-corrected chi connectivity index (χ4v) is 2.33. The molecule has 90 valence electrons. The van der Waals surface area contributed by atoms with E-state index in [0.717, 1.165) is 11.1 Å². The highest BCUT2D eigenvalue weighted by Crippen LogP contribution is 2.43. The Bertz CT molecular complexity index is 566. The van der Waals surface area contributed by atoms with Gasteiger partial charge in [0.2, 0.25) is 5.88 Å². The first-order valence-electron chi connectivity index (χ1n) is 4.83. The predicted octanol–water partition coefficient (Wildman–Crippen LogP) is 2.71. The molecular formula is C11H11BrN2O3. The minimum absolute atomic E-state index is 0.0228. The second-order valence-electron chi connectivity index (χ2n) is 3.55. The number of aromatic hydroxyl groups is 1. The number of rotatable bonds is 2. The third-order valence-corrected chi connectivity index (χ3v) is 3.18. The fraction of sp³-hybridized carbons (Fsp3) is 0.182. The lowest BCUT2D eigenvalue weighted by Gasteiger charge is -2.11. The lowest BCUT2D eigenvalue weighted by atomic mass is 10.0. The molecule has 0 saturated carbocycles. The number of halogens is 1. The first-order valence-corrected chi connectivity index (χ1v) is 5.62. The number of methoxy groups -OCH3 is 1. The Balaban J connectivity index is 2.66. The number of aryl methyl sites for hydroxylation is 1. The van der Waals surface area contributed by atoms with E-state index >= 15 is 0 Å². The number of hydrogen-bond acceptors (Lipinski definition) is 5. The SMILES string of the molecule is COc1cc(C)c(-c2cc(N)on2)c(Br)c1O. The molecule has 2 aromatic rings. The number of aromatic nitrogens is 1. The van der Waals surface area contributed by atoms with Crippen molar-refractivity contribution in [3.05, 3.63) is 22.2 Å². The van der Waals surface area contributed by atoms with E-state index in [0.29, 0.717) is 15.9 Å². The van der Waals surface area contributed by atoms with Gasteiger partial charge in [-0.1, -0.05) is 5.16 Å². The molecule has 0 spiro atoms. The Morgan fingerprint density at radius 3 is 2.71 bits per heavy atom. The highest BCUT2D eigenvalue weighted by molar-refractivity contribution is 9.10. The summed E-state index contributed by atoms with van der Waals surface area (Å²) in [6.45, 7) is 1.88. The molecule has 2 rings (SSSR count). The van der Waals surface area contributed by atoms with Gasteiger partial charge in [-0.05, 0) is 34.5 Å². The number of ether oxygens (including phenoxy) is 1. The zero-order chi connectivity index (χ0) is 12.6. The zero-order valence-electron chi connectivity index (χ0n) is 9.32. The third-order valence-electron chi connectivity index (χ3n) is 2.41. The van der Waals surface area contributed by atoms with Crippen molar-refractivity contribution in [2.24, 2.45) is 0 Å². The summed E-state index contributed by atoms with van der Waals surface area (Å²) in [5.41, 5.74) is 7.65. The number of nitrogens with two attached hydrogens (primary N) is 1. The van der Waals surface area contributed by atoms with Gasteiger partial charge in [0.25, 0.3) is 0 Å². The van der Waals surface area contributed by atoms with E-state index in [4.69, 9.17) is 15.0 Å². The average Bonchev–Trinajstić information content (AvgIpc) is 2.70. The molecule has 1 aromatic carbocycles. The molecule has 0 fully saturated rings. The van der Waals surface area contributed by atoms with Crippen molar-refractivity contribution in [3.8, 4) is 22.8 Å². The number of hydrogen-bond donors (Lipinski definition) is 2. The highest BCUT2D eigenvalue weighted by atomic mass is 79.9. The molecule has 0 unspecified atom stereocenters. The molecule has 0 aliphatic rings. The molecule has 3 N–H and O–H groups in total. The van der Waals surface area contributed by atoms with Crippen LogP contribution >= 0.6 is 15.9 Å². The number of phenolic OH excluding ortho intramolecular Hbond substituents is 1. The van der Waals surface area contributed by atoms with Gasteiger partial charge in [-0.25, -0.2) is 0 Å². The van der Waals surface area contributed by atoms with Crippen LogP contribution in [0.5, 0.6) is 11.5 Å². The molecule has 6 heteroatoms. The molecule has 0 saturated heterocycles. The normalized spacial score (nSPS) is 10.5. The van der Waals surface area contributed by atoms with Crippen LogP contribution < -0.4 is 10.5 Å². The van der Waals surface area contributed by atoms with Crippen LogP contribution in [0, 0.1) is 6.92 Å². The van der Waals surface area contributed by atoms with Gasteiger partial charge in [-0.2, -0.15) is 0 Å². The number of anilines is 1. The molecule has 17 heavy (non-hydrogen) atoms. The van der Waals surface area contributed by atoms with E-state index in [1.807, 2.05) is 6.92 Å². The van der Waals surface area contributed by atoms with Crippen LogP contribution in [0.15, 0.2) is 21.1 Å². The summed E-state index contributed by atoms with van der Waals surface area (Å²) in [4.78, 5) is 0. The summed E-state index contributed by atoms with van der Waals surface area (Å²) >= 11 is 3.32. The van der Waals surface area contributed by atoms with Crippen molar-refractivity contribution in [2.45, 2.75) is 6.92 Å². The van der Waals surface area contributed by atoms with Crippen molar-refractivity contribution in [1.82, 2.24) is 5.16 Å². The number of nitrogens with zero attached hydrogens (tertiary/aromatic N) is 1. The standard InChI is InChI=1S/C11H11BrN2O3/c1-5-3-7(16-2)11(15)10(12)9(5)6-4-8(13)17-14-6/h3-4,15H,13H2,1-2H3. The third kappa shape index (κ3) is 1.95. The minimum Gasteiger partial charge on any atom is -0.503 e. The van der Waals surface area contributed by atoms with Gasteiger partial charge >= 0.3 is 0 Å². The number of nitrogen functional groups attached to an aromatic ring is 1. The smallest absolute Gasteiger partial charge is 0.222 e. The van der Waals surface area contributed by atoms with Crippen LogP contribution in [0.4, 0.5) is 5.88 Å². The summed E-state index contributed by atoms with van der Waals surface area (Å²) < 4.78 is 10.4. The van der Waals surface area contributed by atoms with Crippen LogP contribution in [0.1, 0.15) is 5.56 Å². The van der Waals surface area contributed by atoms with Gasteiger partial charge in [-0.15, -0.1) is 0 Å². The van der Waals surface area contributed by atoms with Crippen molar-refractivity contribution >= 4 is 21.8 Å². The highest BCUT2D eigenvalue weighted by Gasteiger charge is 2.18. The lowest BCUT2D eigenvalue weighted by molar-refractivity contribution is 0.371. The fourth-order valence-electron chi connectivity index (χ4n) is 1.61. The van der Waals surface area contributed by atoms with Gasteiger partial charge in [0.05, 0.1) is 11.6 Å². The Morgan fingerprint density at radius 2 is 2.18 bits per heavy atom. The molecule has 0 aliphatic heterocycles. The lowest BCUT2D eigenvalue weighted by Crippen LogP contribution is -1.91. The molecule has 5 nitrogen and oxygen atoms in total. The van der Waals surface area contributed by atoms with Gasteiger partial charge in [0.1, 0.15) is 5.69 Å². The van der Waals surface area contributed by atoms with Crippen molar-refractivity contribution in [2.75, 3.05) is 12.8 Å². The summed E-state index contributed by atoms with van der Waals surface area (Å²) in [6.07, 6.45) is 0. The van der Waals surface area contributed by atoms with Crippen molar-refractivity contribution in [1.29, 1.82) is 0 Å². The number of phenols is 1. The van der Waals surface area contributed by atoms with Gasteiger partial charge in [0, 0.05) is 11.6 Å². The molecule has 1 heterocycles. The van der Waals surface area contributed by atoms with E-state index in [-0.39, 0.29) is 11.6 Å². The summed E-state index contributed by atoms with van der Waals surface area (Å²) in [6, 6.07) is 3.32. The monoisotopic (exact) mass is 298 g/mol. The van der Waals surface area contributed by atoms with E-state index in [2.05, 4.69) is 21.1 Å². The van der Waals surface area contributed by atoms with Crippen LogP contribution in [-0.4, -0.2) is 17.4 Å². The molecule has 0 atom stereocenters. The van der Waals surface area contributed by atoms with Crippen LogP contribution in [0.3, 0.4) is 0 Å². The summed E-state index contributed by atoms with van der Waals surface area (Å²) in [5.74, 6) is 0.644. The Kier molecular flexibility index (Phi) is 2.97. The van der Waals surface area contributed by atoms with Gasteiger partial charge in [0.15, 0.2) is 11.5 Å². The second kappa shape index (κ2) is 4.29. The maximum Gasteiger partial charge on any atom is 0.222 e. The van der Waals surface area contributed by atoms with E-state index < -0.39 is 0 Å². The van der Waals surface area contributed by atoms with Crippen LogP contribution in [-0.2, 0) is 0 Å². The topological polar surface area (TPSA) is 81.5 Å². The summed E-state index contributed by atoms with van der Waals surface area (Å²) in [5, 5.41) is 13.7. The zero-order valence-corrected chi connectivity index (χ0v) is 10.9. The maximum atomic E-state index is 9.91. The van der Waals surface area contributed by atoms with Gasteiger partial charge < -0.3 is 20.1 Å². The molecule has 0 amide bonds. The first-order chi connectivity index (χ1) is 8.04. The largest absolute Gasteiger partial charge is 0.503 e. The maximum absolute atomic E-state index is 9.91. The Labute approximate surface area is 106 Å². The Hall–Kier alpha value is -1.69. The van der Waals surface area contributed by atoms with Crippen molar-refractivity contribution < 1.29 is 14.4 Å². The molecular weight excluding hydrogens is 288 g/mol. The summed E-state index contributed by atoms with van der Waals surface area (Å²) in [7, 11) is 1.49. The Morgan fingerprint density at radius 1 is 1.47 bits per heavy atom. The average molecular weight is 299 g/mol. The molecule has 0 bridgehead atoms. The van der Waals surface area contributed by atoms with E-state index in [1.54, 1.807) is 12.1 Å². The molecule has 1 aromatic heterocycles. The van der Waals surface area contributed by atoms with Crippen molar-refractivity contribution in [3.63, 3.8) is 0 Å². The second-order valence-corrected chi connectivity index (χ2v) is 4.34. The van der Waals surface area contributed by atoms with Crippen LogP contribution in [0.25, 0.3) is 11.3 Å². The van der Waals surface area contributed by atoms with Gasteiger partial charge in [-0.3, -0.25) is 0 Å². The van der Waals surface area contributed by atoms with Crippen LogP contribution in [0.2, 0.25) is 0 Å². The first kappa shape index (κ1) is 11.8. The predicted molar refractivity (Wildman–Crippen MR) is 67.0 cm³/mol.